The molecule has 0 amide bonds. The molecule has 1 saturated heterocycles. The van der Waals surface area contributed by atoms with Crippen LogP contribution in [0.5, 0.6) is 5.75 Å². The molecule has 0 aliphatic carbocycles. The number of nitrogens with one attached hydrogen (secondary N) is 1. The summed E-state index contributed by atoms with van der Waals surface area (Å²) < 4.78 is 11.3. The zero-order valence-electron chi connectivity index (χ0n) is 12.4. The minimum Gasteiger partial charge on any atom is -0.497 e. The van der Waals surface area contributed by atoms with Crippen molar-refractivity contribution in [2.24, 2.45) is 0 Å². The minimum atomic E-state index is 0.0472. The topological polar surface area (TPSA) is 30.5 Å². The Hall–Kier alpha value is -1.06. The van der Waals surface area contributed by atoms with Crippen LogP contribution in [-0.4, -0.2) is 25.4 Å². The van der Waals surface area contributed by atoms with Gasteiger partial charge in [-0.2, -0.15) is 0 Å². The summed E-state index contributed by atoms with van der Waals surface area (Å²) in [6.45, 7) is 7.41. The van der Waals surface area contributed by atoms with Crippen LogP contribution in [0.15, 0.2) is 24.3 Å². The van der Waals surface area contributed by atoms with E-state index < -0.39 is 0 Å². The van der Waals surface area contributed by atoms with E-state index >= 15 is 0 Å². The van der Waals surface area contributed by atoms with Crippen LogP contribution in [-0.2, 0) is 4.74 Å². The molecule has 1 heterocycles. The van der Waals surface area contributed by atoms with Gasteiger partial charge in [0.2, 0.25) is 0 Å². The minimum absolute atomic E-state index is 0.0472. The molecule has 0 radical (unpaired) electrons. The largest absolute Gasteiger partial charge is 0.497 e. The molecule has 1 N–H and O–H groups in total. The van der Waals surface area contributed by atoms with E-state index in [4.69, 9.17) is 9.47 Å². The first kappa shape index (κ1) is 14.4. The molecule has 1 aliphatic rings. The van der Waals surface area contributed by atoms with Crippen LogP contribution in [0.3, 0.4) is 0 Å². The molecule has 106 valence electrons. The quantitative estimate of drug-likeness (QED) is 0.884. The molecule has 0 bridgehead atoms. The van der Waals surface area contributed by atoms with Crippen molar-refractivity contribution in [3.05, 3.63) is 29.8 Å². The maximum Gasteiger partial charge on any atom is 0.119 e. The van der Waals surface area contributed by atoms with E-state index in [0.717, 1.165) is 25.1 Å². The second-order valence-corrected chi connectivity index (χ2v) is 5.94. The van der Waals surface area contributed by atoms with Gasteiger partial charge in [0, 0.05) is 12.6 Å². The van der Waals surface area contributed by atoms with Crippen molar-refractivity contribution in [2.45, 2.75) is 51.4 Å². The molecule has 19 heavy (non-hydrogen) atoms. The van der Waals surface area contributed by atoms with E-state index in [1.165, 1.54) is 5.56 Å². The highest BCUT2D eigenvalue weighted by molar-refractivity contribution is 5.30. The molecule has 0 aromatic heterocycles. The van der Waals surface area contributed by atoms with Gasteiger partial charge in [0.15, 0.2) is 0 Å². The first-order valence-electron chi connectivity index (χ1n) is 7.05. The maximum atomic E-state index is 5.99. The van der Waals surface area contributed by atoms with Gasteiger partial charge in [0.1, 0.15) is 5.75 Å². The molecule has 3 nitrogen and oxygen atoms in total. The lowest BCUT2D eigenvalue weighted by atomic mass is 10.1. The second kappa shape index (κ2) is 5.93. The van der Waals surface area contributed by atoms with Gasteiger partial charge in [0.05, 0.1) is 18.8 Å². The van der Waals surface area contributed by atoms with Gasteiger partial charge >= 0.3 is 0 Å². The van der Waals surface area contributed by atoms with Crippen molar-refractivity contribution >= 4 is 0 Å². The number of benzene rings is 1. The molecule has 2 atom stereocenters. The average Bonchev–Trinajstić information content (AvgIpc) is 2.75. The van der Waals surface area contributed by atoms with E-state index in [0.29, 0.717) is 12.1 Å². The van der Waals surface area contributed by atoms with E-state index in [-0.39, 0.29) is 5.60 Å². The Balaban J connectivity index is 1.85. The summed E-state index contributed by atoms with van der Waals surface area (Å²) in [5, 5.41) is 3.55. The highest BCUT2D eigenvalue weighted by Gasteiger charge is 2.31. The van der Waals surface area contributed by atoms with Gasteiger partial charge in [-0.25, -0.2) is 0 Å². The fourth-order valence-corrected chi connectivity index (χ4v) is 2.56. The Morgan fingerprint density at radius 3 is 2.89 bits per heavy atom. The van der Waals surface area contributed by atoms with Gasteiger partial charge < -0.3 is 14.8 Å². The third-order valence-electron chi connectivity index (χ3n) is 3.80. The van der Waals surface area contributed by atoms with Crippen LogP contribution in [0, 0.1) is 0 Å². The third kappa shape index (κ3) is 3.95. The molecule has 0 saturated carbocycles. The molecule has 1 aromatic rings. The summed E-state index contributed by atoms with van der Waals surface area (Å²) in [6.07, 6.45) is 2.63. The lowest BCUT2D eigenvalue weighted by Crippen LogP contribution is -2.31. The van der Waals surface area contributed by atoms with Crippen LogP contribution >= 0.6 is 0 Å². The molecule has 1 fully saturated rings. The molecule has 1 unspecified atom stereocenters. The van der Waals surface area contributed by atoms with Crippen molar-refractivity contribution < 1.29 is 9.47 Å². The van der Waals surface area contributed by atoms with E-state index in [9.17, 15) is 0 Å². The molecular formula is C16H25NO2. The monoisotopic (exact) mass is 263 g/mol. The summed E-state index contributed by atoms with van der Waals surface area (Å²) in [6, 6.07) is 8.51. The predicted molar refractivity (Wildman–Crippen MR) is 77.6 cm³/mol. The van der Waals surface area contributed by atoms with Gasteiger partial charge in [-0.15, -0.1) is 0 Å². The standard InChI is InChI=1S/C16H25NO2/c1-12(13-6-5-7-14(10-13)18-4)17-11-15-8-9-16(2,3)19-15/h5-7,10,12,15,17H,8-9,11H2,1-4H3/t12-,15?/m1/s1. The molecule has 1 aromatic carbocycles. The molecule has 3 heteroatoms. The first-order valence-corrected chi connectivity index (χ1v) is 7.05. The van der Waals surface area contributed by atoms with Crippen LogP contribution < -0.4 is 10.1 Å². The number of hydrogen-bond donors (Lipinski definition) is 1. The summed E-state index contributed by atoms with van der Waals surface area (Å²) in [7, 11) is 1.70. The van der Waals surface area contributed by atoms with Crippen LogP contribution in [0.2, 0.25) is 0 Å². The van der Waals surface area contributed by atoms with Gasteiger partial charge in [-0.3, -0.25) is 0 Å². The Morgan fingerprint density at radius 2 is 2.26 bits per heavy atom. The van der Waals surface area contributed by atoms with Gasteiger partial charge in [-0.1, -0.05) is 12.1 Å². The number of hydrogen-bond acceptors (Lipinski definition) is 3. The zero-order valence-corrected chi connectivity index (χ0v) is 12.4. The summed E-state index contributed by atoms with van der Waals surface area (Å²) >= 11 is 0. The van der Waals surface area contributed by atoms with Gasteiger partial charge in [-0.05, 0) is 51.3 Å². The highest BCUT2D eigenvalue weighted by Crippen LogP contribution is 2.29. The van der Waals surface area contributed by atoms with E-state index in [1.54, 1.807) is 7.11 Å². The smallest absolute Gasteiger partial charge is 0.119 e. The maximum absolute atomic E-state index is 5.99. The summed E-state index contributed by atoms with van der Waals surface area (Å²) in [5.41, 5.74) is 1.29. The fourth-order valence-electron chi connectivity index (χ4n) is 2.56. The molecule has 0 spiro atoms. The van der Waals surface area contributed by atoms with E-state index in [1.807, 2.05) is 12.1 Å². The fraction of sp³-hybridized carbons (Fsp3) is 0.625. The lowest BCUT2D eigenvalue weighted by molar-refractivity contribution is -0.0150. The second-order valence-electron chi connectivity index (χ2n) is 5.94. The van der Waals surface area contributed by atoms with Crippen molar-refractivity contribution in [2.75, 3.05) is 13.7 Å². The first-order chi connectivity index (χ1) is 9.00. The lowest BCUT2D eigenvalue weighted by Gasteiger charge is -2.21. The average molecular weight is 263 g/mol. The van der Waals surface area contributed by atoms with Crippen LogP contribution in [0.4, 0.5) is 0 Å². The van der Waals surface area contributed by atoms with Gasteiger partial charge in [0.25, 0.3) is 0 Å². The number of methoxy groups -OCH3 is 1. The number of rotatable bonds is 5. The highest BCUT2D eigenvalue weighted by atomic mass is 16.5. The van der Waals surface area contributed by atoms with Crippen molar-refractivity contribution in [3.8, 4) is 5.75 Å². The van der Waals surface area contributed by atoms with Crippen molar-refractivity contribution in [1.29, 1.82) is 0 Å². The van der Waals surface area contributed by atoms with Crippen LogP contribution in [0.25, 0.3) is 0 Å². The SMILES string of the molecule is COc1cccc([C@@H](C)NCC2CCC(C)(C)O2)c1. The predicted octanol–water partition coefficient (Wildman–Crippen LogP) is 3.30. The normalized spacial score (nSPS) is 23.3. The van der Waals surface area contributed by atoms with Crippen molar-refractivity contribution in [3.63, 3.8) is 0 Å². The molecular weight excluding hydrogens is 238 g/mol. The summed E-state index contributed by atoms with van der Waals surface area (Å²) in [5.74, 6) is 0.907. The Kier molecular flexibility index (Phi) is 4.48. The van der Waals surface area contributed by atoms with Crippen LogP contribution in [0.1, 0.15) is 45.2 Å². The molecule has 2 rings (SSSR count). The summed E-state index contributed by atoms with van der Waals surface area (Å²) in [4.78, 5) is 0. The zero-order chi connectivity index (χ0) is 13.9. The number of ether oxygens (including phenoxy) is 2. The Labute approximate surface area is 116 Å². The van der Waals surface area contributed by atoms with E-state index in [2.05, 4.69) is 38.2 Å². The van der Waals surface area contributed by atoms with Crippen molar-refractivity contribution in [1.82, 2.24) is 5.32 Å². The Bertz CT molecular complexity index is 417. The third-order valence-corrected chi connectivity index (χ3v) is 3.80. The Morgan fingerprint density at radius 1 is 1.47 bits per heavy atom. The molecule has 1 aliphatic heterocycles.